The Bertz CT molecular complexity index is 468. The number of aryl methyl sites for hydroxylation is 1. The van der Waals surface area contributed by atoms with Gasteiger partial charge in [0, 0.05) is 6.42 Å². The predicted octanol–water partition coefficient (Wildman–Crippen LogP) is 0.800. The van der Waals surface area contributed by atoms with Crippen LogP contribution in [0.4, 0.5) is 5.82 Å². The van der Waals surface area contributed by atoms with Gasteiger partial charge in [0.2, 0.25) is 0 Å². The van der Waals surface area contributed by atoms with Crippen molar-refractivity contribution >= 4 is 11.8 Å². The minimum atomic E-state index is -0.474. The molecule has 0 unspecified atom stereocenters. The summed E-state index contributed by atoms with van der Waals surface area (Å²) in [6.45, 7) is 4.03. The summed E-state index contributed by atoms with van der Waals surface area (Å²) in [4.78, 5) is 29.8. The van der Waals surface area contributed by atoms with E-state index < -0.39 is 5.97 Å². The van der Waals surface area contributed by atoms with E-state index in [2.05, 4.69) is 16.9 Å². The number of anilines is 1. The normalized spacial score (nSPS) is 10.3. The molecule has 0 saturated heterocycles. The number of carbonyl (C=O) groups is 1. The number of esters is 1. The topological polar surface area (TPSA) is 98.1 Å². The number of nitrogens with zero attached hydrogens (tertiary/aromatic N) is 1. The van der Waals surface area contributed by atoms with Gasteiger partial charge in [-0.1, -0.05) is 13.3 Å². The smallest absolute Gasteiger partial charge is 0.310 e. The van der Waals surface area contributed by atoms with Crippen LogP contribution < -0.4 is 11.3 Å². The Balaban J connectivity index is 2.87. The molecule has 100 valence electrons. The van der Waals surface area contributed by atoms with Gasteiger partial charge in [-0.15, -0.1) is 0 Å². The summed E-state index contributed by atoms with van der Waals surface area (Å²) in [6, 6.07) is 0. The highest BCUT2D eigenvalue weighted by atomic mass is 16.5. The monoisotopic (exact) mass is 253 g/mol. The van der Waals surface area contributed by atoms with E-state index in [4.69, 9.17) is 10.5 Å². The van der Waals surface area contributed by atoms with E-state index in [9.17, 15) is 9.59 Å². The van der Waals surface area contributed by atoms with Gasteiger partial charge < -0.3 is 15.5 Å². The molecule has 6 heteroatoms. The molecule has 3 N–H and O–H groups in total. The summed E-state index contributed by atoms with van der Waals surface area (Å²) in [5.41, 5.74) is 5.51. The molecule has 0 aliphatic carbocycles. The van der Waals surface area contributed by atoms with Crippen molar-refractivity contribution in [1.29, 1.82) is 0 Å². The van der Waals surface area contributed by atoms with Gasteiger partial charge in [-0.25, -0.2) is 4.98 Å². The molecular weight excluding hydrogens is 234 g/mol. The van der Waals surface area contributed by atoms with E-state index in [0.29, 0.717) is 12.2 Å². The van der Waals surface area contributed by atoms with Crippen LogP contribution in [0.2, 0.25) is 0 Å². The van der Waals surface area contributed by atoms with E-state index in [1.807, 2.05) is 0 Å². The molecule has 0 aromatic carbocycles. The number of hydrogen-bond donors (Lipinski definition) is 2. The Labute approximate surface area is 106 Å². The number of unbranched alkanes of at least 4 members (excludes halogenated alkanes) is 1. The summed E-state index contributed by atoms with van der Waals surface area (Å²) in [5.74, 6) is 0.197. The summed E-state index contributed by atoms with van der Waals surface area (Å²) in [6.07, 6.45) is 2.47. The van der Waals surface area contributed by atoms with Crippen molar-refractivity contribution in [3.8, 4) is 0 Å². The van der Waals surface area contributed by atoms with Crippen LogP contribution in [0.1, 0.15) is 38.1 Å². The zero-order valence-electron chi connectivity index (χ0n) is 10.8. The van der Waals surface area contributed by atoms with E-state index in [1.165, 1.54) is 0 Å². The lowest BCUT2D eigenvalue weighted by Gasteiger charge is -2.06. The van der Waals surface area contributed by atoms with Gasteiger partial charge in [0.1, 0.15) is 11.6 Å². The van der Waals surface area contributed by atoms with Gasteiger partial charge in [-0.05, 0) is 13.3 Å². The van der Waals surface area contributed by atoms with Crippen LogP contribution in [0, 0.1) is 0 Å². The number of nitrogens with one attached hydrogen (secondary N) is 1. The summed E-state index contributed by atoms with van der Waals surface area (Å²) >= 11 is 0. The molecule has 0 amide bonds. The van der Waals surface area contributed by atoms with E-state index in [1.54, 1.807) is 6.92 Å². The van der Waals surface area contributed by atoms with E-state index in [0.717, 1.165) is 12.8 Å². The predicted molar refractivity (Wildman–Crippen MR) is 68.2 cm³/mol. The molecule has 0 radical (unpaired) electrons. The lowest BCUT2D eigenvalue weighted by molar-refractivity contribution is -0.142. The Hall–Kier alpha value is -1.85. The number of nitrogens with two attached hydrogens (primary N) is 1. The standard InChI is InChI=1S/C12H19N3O3/c1-3-5-6-9-14-11(13)8(12(17)15-9)7-10(16)18-4-2/h3-7H2,1-2H3,(H3,13,14,15,17). The molecule has 6 nitrogen and oxygen atoms in total. The molecular formula is C12H19N3O3. The second kappa shape index (κ2) is 6.78. The first-order valence-electron chi connectivity index (χ1n) is 6.11. The number of aromatic amines is 1. The quantitative estimate of drug-likeness (QED) is 0.731. The number of hydrogen-bond acceptors (Lipinski definition) is 5. The van der Waals surface area contributed by atoms with Crippen LogP contribution in [0.3, 0.4) is 0 Å². The molecule has 0 spiro atoms. The zero-order chi connectivity index (χ0) is 13.5. The first kappa shape index (κ1) is 14.2. The minimum Gasteiger partial charge on any atom is -0.466 e. The van der Waals surface area contributed by atoms with Crippen molar-refractivity contribution in [2.45, 2.75) is 39.5 Å². The highest BCUT2D eigenvalue weighted by Crippen LogP contribution is 2.06. The molecule has 1 aromatic heterocycles. The average Bonchev–Trinajstić information content (AvgIpc) is 2.31. The fourth-order valence-electron chi connectivity index (χ4n) is 1.55. The Kier molecular flexibility index (Phi) is 5.35. The highest BCUT2D eigenvalue weighted by molar-refractivity contribution is 5.74. The molecule has 0 aliphatic rings. The van der Waals surface area contributed by atoms with Gasteiger partial charge in [-0.3, -0.25) is 9.59 Å². The fourth-order valence-corrected chi connectivity index (χ4v) is 1.55. The minimum absolute atomic E-state index is 0.109. The van der Waals surface area contributed by atoms with Gasteiger partial charge in [0.15, 0.2) is 0 Å². The number of H-pyrrole nitrogens is 1. The van der Waals surface area contributed by atoms with Crippen LogP contribution in [-0.4, -0.2) is 22.5 Å². The maximum Gasteiger partial charge on any atom is 0.310 e. The second-order valence-corrected chi connectivity index (χ2v) is 3.96. The van der Waals surface area contributed by atoms with Crippen molar-refractivity contribution in [2.24, 2.45) is 0 Å². The largest absolute Gasteiger partial charge is 0.466 e. The molecule has 0 fully saturated rings. The Morgan fingerprint density at radius 1 is 1.44 bits per heavy atom. The Morgan fingerprint density at radius 3 is 2.72 bits per heavy atom. The van der Waals surface area contributed by atoms with Crippen molar-refractivity contribution in [2.75, 3.05) is 12.3 Å². The number of ether oxygens (including phenoxy) is 1. The van der Waals surface area contributed by atoms with Crippen molar-refractivity contribution in [1.82, 2.24) is 9.97 Å². The molecule has 0 atom stereocenters. The third kappa shape index (κ3) is 3.87. The van der Waals surface area contributed by atoms with Crippen molar-refractivity contribution < 1.29 is 9.53 Å². The van der Waals surface area contributed by atoms with Gasteiger partial charge >= 0.3 is 5.97 Å². The van der Waals surface area contributed by atoms with Crippen LogP contribution in [0.15, 0.2) is 4.79 Å². The third-order valence-corrected chi connectivity index (χ3v) is 2.49. The van der Waals surface area contributed by atoms with Crippen LogP contribution in [0.5, 0.6) is 0 Å². The van der Waals surface area contributed by atoms with Crippen LogP contribution >= 0.6 is 0 Å². The van der Waals surface area contributed by atoms with Gasteiger partial charge in [0.25, 0.3) is 5.56 Å². The molecule has 1 heterocycles. The summed E-state index contributed by atoms with van der Waals surface area (Å²) in [7, 11) is 0. The highest BCUT2D eigenvalue weighted by Gasteiger charge is 2.13. The van der Waals surface area contributed by atoms with Gasteiger partial charge in [-0.2, -0.15) is 0 Å². The van der Waals surface area contributed by atoms with Gasteiger partial charge in [0.05, 0.1) is 18.6 Å². The number of rotatable bonds is 6. The number of aromatic nitrogens is 2. The van der Waals surface area contributed by atoms with E-state index in [-0.39, 0.29) is 30.0 Å². The molecule has 0 bridgehead atoms. The average molecular weight is 253 g/mol. The lowest BCUT2D eigenvalue weighted by atomic mass is 10.2. The van der Waals surface area contributed by atoms with Crippen LogP contribution in [-0.2, 0) is 22.4 Å². The molecule has 0 aliphatic heterocycles. The maximum atomic E-state index is 11.8. The number of carbonyl (C=O) groups excluding carboxylic acids is 1. The zero-order valence-corrected chi connectivity index (χ0v) is 10.8. The Morgan fingerprint density at radius 2 is 2.17 bits per heavy atom. The van der Waals surface area contributed by atoms with Crippen molar-refractivity contribution in [3.05, 3.63) is 21.7 Å². The first-order valence-corrected chi connectivity index (χ1v) is 6.11. The summed E-state index contributed by atoms with van der Waals surface area (Å²) < 4.78 is 4.78. The van der Waals surface area contributed by atoms with Crippen molar-refractivity contribution in [3.63, 3.8) is 0 Å². The second-order valence-electron chi connectivity index (χ2n) is 3.96. The lowest BCUT2D eigenvalue weighted by Crippen LogP contribution is -2.23. The maximum absolute atomic E-state index is 11.8. The third-order valence-electron chi connectivity index (χ3n) is 2.49. The summed E-state index contributed by atoms with van der Waals surface area (Å²) in [5, 5.41) is 0. The van der Waals surface area contributed by atoms with E-state index >= 15 is 0 Å². The van der Waals surface area contributed by atoms with Crippen LogP contribution in [0.25, 0.3) is 0 Å². The molecule has 1 rings (SSSR count). The molecule has 1 aromatic rings. The molecule has 0 saturated carbocycles. The first-order chi connectivity index (χ1) is 8.58. The SMILES string of the molecule is CCCCc1nc(N)c(CC(=O)OCC)c(=O)[nH]1. The molecule has 18 heavy (non-hydrogen) atoms. The fraction of sp³-hybridized carbons (Fsp3) is 0.583. The number of nitrogen functional groups attached to an aromatic ring is 1.